The normalized spacial score (nSPS) is 12.1. The SMILES string of the molecule is CC(C)CC(NC(=O)c1ccccc1)C(=[OH+])[O][Pb]([c]1ccccc1)([c]1ccccc1)[c]1ccccc1. The zero-order chi connectivity index (χ0) is 25.4. The molecule has 2 N–H and O–H groups in total. The van der Waals surface area contributed by atoms with Gasteiger partial charge in [0.25, 0.3) is 0 Å². The van der Waals surface area contributed by atoms with Crippen molar-refractivity contribution in [1.29, 1.82) is 0 Å². The first-order valence-electron chi connectivity index (χ1n) is 12.3. The van der Waals surface area contributed by atoms with Crippen LogP contribution in [0.2, 0.25) is 0 Å². The topological polar surface area (TPSA) is 59.7 Å². The van der Waals surface area contributed by atoms with Gasteiger partial charge in [-0.2, -0.15) is 0 Å². The minimum atomic E-state index is -4.40. The summed E-state index contributed by atoms with van der Waals surface area (Å²) in [6.07, 6.45) is 0.548. The summed E-state index contributed by atoms with van der Waals surface area (Å²) in [6, 6.07) is 39.0. The van der Waals surface area contributed by atoms with E-state index >= 15 is 0 Å². The molecule has 0 heterocycles. The molecule has 0 saturated heterocycles. The molecule has 0 aliphatic heterocycles. The van der Waals surface area contributed by atoms with E-state index in [2.05, 4.69) is 55.6 Å². The molecule has 36 heavy (non-hydrogen) atoms. The van der Waals surface area contributed by atoms with Gasteiger partial charge in [-0.05, 0) is 0 Å². The summed E-state index contributed by atoms with van der Waals surface area (Å²) in [4.78, 5) is 24.7. The van der Waals surface area contributed by atoms with Gasteiger partial charge in [-0.1, -0.05) is 0 Å². The molecule has 4 aromatic rings. The molecule has 0 aliphatic rings. The van der Waals surface area contributed by atoms with Crippen molar-refractivity contribution < 1.29 is 12.3 Å². The molecular weight excluding hydrogens is 642 g/mol. The van der Waals surface area contributed by atoms with E-state index in [1.54, 1.807) is 12.1 Å². The van der Waals surface area contributed by atoms with Crippen LogP contribution < -0.4 is 14.7 Å². The molecule has 182 valence electrons. The van der Waals surface area contributed by atoms with E-state index in [1.165, 1.54) is 0 Å². The molecule has 0 bridgehead atoms. The second kappa shape index (κ2) is 12.1. The van der Waals surface area contributed by atoms with Gasteiger partial charge < -0.3 is 0 Å². The third-order valence-corrected chi connectivity index (χ3v) is 21.5. The van der Waals surface area contributed by atoms with E-state index in [-0.39, 0.29) is 17.8 Å². The second-order valence-electron chi connectivity index (χ2n) is 9.24. The van der Waals surface area contributed by atoms with Crippen molar-refractivity contribution in [2.75, 3.05) is 0 Å². The predicted octanol–water partition coefficient (Wildman–Crippen LogP) is 4.02. The van der Waals surface area contributed by atoms with Crippen LogP contribution in [-0.2, 0) is 2.69 Å². The average Bonchev–Trinajstić information content (AvgIpc) is 2.93. The van der Waals surface area contributed by atoms with E-state index in [9.17, 15) is 9.59 Å². The summed E-state index contributed by atoms with van der Waals surface area (Å²) in [7, 11) is 0. The molecule has 4 rings (SSSR count). The van der Waals surface area contributed by atoms with Gasteiger partial charge in [0, 0.05) is 0 Å². The summed E-state index contributed by atoms with van der Waals surface area (Å²) in [5, 5.41) is 3.03. The van der Waals surface area contributed by atoms with E-state index in [0.717, 1.165) is 9.37 Å². The fourth-order valence-corrected chi connectivity index (χ4v) is 19.2. The quantitative estimate of drug-likeness (QED) is 0.216. The van der Waals surface area contributed by atoms with Crippen molar-refractivity contribution >= 4 is 42.9 Å². The van der Waals surface area contributed by atoms with Crippen molar-refractivity contribution in [3.8, 4) is 0 Å². The Morgan fingerprint density at radius 1 is 0.722 bits per heavy atom. The van der Waals surface area contributed by atoms with E-state index in [0.29, 0.717) is 12.0 Å². The van der Waals surface area contributed by atoms with Crippen molar-refractivity contribution in [3.05, 3.63) is 127 Å². The van der Waals surface area contributed by atoms with Crippen LogP contribution in [-0.4, -0.2) is 44.3 Å². The Labute approximate surface area is 218 Å². The zero-order valence-electron chi connectivity index (χ0n) is 20.7. The Morgan fingerprint density at radius 2 is 1.11 bits per heavy atom. The molecule has 0 radical (unpaired) electrons. The average molecular weight is 674 g/mol. The van der Waals surface area contributed by atoms with E-state index in [1.807, 2.05) is 72.8 Å². The van der Waals surface area contributed by atoms with Crippen LogP contribution in [0.1, 0.15) is 30.6 Å². The molecule has 0 aromatic heterocycles. The first-order valence-corrected chi connectivity index (χ1v) is 19.7. The maximum absolute atomic E-state index is 13.0. The third-order valence-electron chi connectivity index (χ3n) is 6.15. The van der Waals surface area contributed by atoms with Gasteiger partial charge in [0.05, 0.1) is 0 Å². The molecule has 0 fully saturated rings. The number of hydrogen-bond acceptors (Lipinski definition) is 2. The summed E-state index contributed by atoms with van der Waals surface area (Å²) in [6.45, 7) is 4.14. The van der Waals surface area contributed by atoms with Gasteiger partial charge in [-0.15, -0.1) is 0 Å². The third kappa shape index (κ3) is 5.93. The maximum atomic E-state index is 13.0. The molecule has 1 atom stereocenters. The van der Waals surface area contributed by atoms with E-state index in [4.69, 9.17) is 2.69 Å². The minimum absolute atomic E-state index is 0.133. The molecule has 0 aliphatic carbocycles. The van der Waals surface area contributed by atoms with Gasteiger partial charge in [-0.25, -0.2) is 0 Å². The Morgan fingerprint density at radius 3 is 1.50 bits per heavy atom. The monoisotopic (exact) mass is 674 g/mol. The van der Waals surface area contributed by atoms with Crippen LogP contribution in [0.5, 0.6) is 0 Å². The van der Waals surface area contributed by atoms with Crippen LogP contribution in [0.3, 0.4) is 0 Å². The zero-order valence-corrected chi connectivity index (χ0v) is 24.6. The van der Waals surface area contributed by atoms with Crippen LogP contribution in [0.4, 0.5) is 0 Å². The van der Waals surface area contributed by atoms with Gasteiger partial charge in [0.2, 0.25) is 0 Å². The van der Waals surface area contributed by atoms with Crippen molar-refractivity contribution in [2.45, 2.75) is 26.3 Å². The van der Waals surface area contributed by atoms with Crippen LogP contribution in [0, 0.1) is 5.92 Å². The predicted molar refractivity (Wildman–Crippen MR) is 149 cm³/mol. The molecule has 0 saturated carbocycles. The van der Waals surface area contributed by atoms with Gasteiger partial charge in [-0.3, -0.25) is 0 Å². The Bertz CT molecular complexity index is 1170. The second-order valence-corrected chi connectivity index (χ2v) is 22.1. The molecule has 4 aromatic carbocycles. The van der Waals surface area contributed by atoms with Crippen LogP contribution >= 0.6 is 0 Å². The first kappa shape index (κ1) is 25.8. The van der Waals surface area contributed by atoms with E-state index < -0.39 is 27.7 Å². The fourth-order valence-electron chi connectivity index (χ4n) is 4.45. The molecule has 1 unspecified atom stereocenters. The number of carbonyl (C=O) groups excluding carboxylic acids is 2. The molecule has 5 heteroatoms. The Hall–Kier alpha value is -3.26. The molecule has 1 amide bonds. The Balaban J connectivity index is 1.79. The van der Waals surface area contributed by atoms with Crippen LogP contribution in [0.15, 0.2) is 121 Å². The fraction of sp³-hybridized carbons (Fsp3) is 0.161. The standard InChI is InChI=1S/C13H17NO3.3C6H5.Pb/c1-9(2)8-11(13(16)17)14-12(15)10-6-4-3-5-7-10;3*1-2-4-6-5-3-1;/h3-7,9,11H,8H2,1-2H3,(H,14,15)(H,16,17);3*1-5H;/q;;;;+1. The first-order chi connectivity index (χ1) is 17.5. The number of nitrogens with one attached hydrogen (secondary N) is 1. The summed E-state index contributed by atoms with van der Waals surface area (Å²) in [5.74, 6) is -0.142. The van der Waals surface area contributed by atoms with Gasteiger partial charge >= 0.3 is 220 Å². The number of amides is 1. The van der Waals surface area contributed by atoms with Gasteiger partial charge in [0.1, 0.15) is 0 Å². The molecule has 4 nitrogen and oxygen atoms in total. The number of rotatable bonds is 9. The molecular formula is C31H32NO3Pb+. The Kier molecular flexibility index (Phi) is 8.70. The summed E-state index contributed by atoms with van der Waals surface area (Å²) in [5.41, 5.74) is 0.545. The number of carbonyl (C=O) groups is 1. The van der Waals surface area contributed by atoms with Crippen molar-refractivity contribution in [1.82, 2.24) is 5.32 Å². The number of benzene rings is 4. The summed E-state index contributed by atoms with van der Waals surface area (Å²) >= 11 is -4.40. The van der Waals surface area contributed by atoms with Gasteiger partial charge in [0.15, 0.2) is 0 Å². The van der Waals surface area contributed by atoms with Crippen molar-refractivity contribution in [2.24, 2.45) is 5.92 Å². The van der Waals surface area contributed by atoms with Crippen LogP contribution in [0.25, 0.3) is 0 Å². The summed E-state index contributed by atoms with van der Waals surface area (Å²) < 4.78 is 10.1. The molecule has 0 spiro atoms. The van der Waals surface area contributed by atoms with Crippen molar-refractivity contribution in [3.63, 3.8) is 0 Å². The number of hydrogen-bond donors (Lipinski definition) is 1.